The molecular weight excluding hydrogens is 284 g/mol. The van der Waals surface area contributed by atoms with Gasteiger partial charge in [0.15, 0.2) is 0 Å². The fraction of sp³-hybridized carbons (Fsp3) is 0.938. The van der Waals surface area contributed by atoms with Crippen LogP contribution in [0.25, 0.3) is 0 Å². The van der Waals surface area contributed by atoms with Crippen LogP contribution in [0.4, 0.5) is 0 Å². The van der Waals surface area contributed by atoms with Gasteiger partial charge >= 0.3 is 0 Å². The second-order valence-electron chi connectivity index (χ2n) is 6.78. The summed E-state index contributed by atoms with van der Waals surface area (Å²) in [6.45, 7) is 6.10. The van der Waals surface area contributed by atoms with Crippen molar-refractivity contribution in [1.29, 1.82) is 0 Å². The first kappa shape index (κ1) is 19.4. The largest absolute Gasteiger partial charge is 0.395 e. The van der Waals surface area contributed by atoms with Crippen LogP contribution in [0.2, 0.25) is 0 Å². The monoisotopic (exact) mass is 316 g/mol. The number of hydrogen-bond acceptors (Lipinski definition) is 5. The molecular formula is C16H32N2O4. The highest BCUT2D eigenvalue weighted by Crippen LogP contribution is 2.37. The Balaban J connectivity index is 2.95. The lowest BCUT2D eigenvalue weighted by Gasteiger charge is -2.39. The second kappa shape index (κ2) is 8.24. The summed E-state index contributed by atoms with van der Waals surface area (Å²) in [6, 6.07) is -1.04. The molecule has 1 aliphatic rings. The number of amides is 1. The molecule has 0 bridgehead atoms. The molecule has 0 radical (unpaired) electrons. The molecule has 0 saturated carbocycles. The fourth-order valence-electron chi connectivity index (χ4n) is 3.55. The predicted octanol–water partition coefficient (Wildman–Crippen LogP) is 0.106. The van der Waals surface area contributed by atoms with Crippen LogP contribution in [0.15, 0.2) is 0 Å². The third-order valence-electron chi connectivity index (χ3n) is 4.86. The number of nitrogens with one attached hydrogen (secondary N) is 1. The van der Waals surface area contributed by atoms with Crippen LogP contribution in [0.3, 0.4) is 0 Å². The summed E-state index contributed by atoms with van der Waals surface area (Å²) in [5.41, 5.74) is -0.857. The zero-order valence-corrected chi connectivity index (χ0v) is 14.2. The van der Waals surface area contributed by atoms with Gasteiger partial charge in [-0.1, -0.05) is 26.2 Å². The van der Waals surface area contributed by atoms with E-state index in [2.05, 4.69) is 12.2 Å². The average molecular weight is 316 g/mol. The summed E-state index contributed by atoms with van der Waals surface area (Å²) >= 11 is 0. The number of unbranched alkanes of at least 4 members (excludes halogenated alkanes) is 3. The van der Waals surface area contributed by atoms with Crippen molar-refractivity contribution in [2.24, 2.45) is 5.41 Å². The van der Waals surface area contributed by atoms with E-state index in [1.807, 2.05) is 4.90 Å². The minimum absolute atomic E-state index is 0.180. The minimum Gasteiger partial charge on any atom is -0.395 e. The quantitative estimate of drug-likeness (QED) is 0.477. The van der Waals surface area contributed by atoms with Gasteiger partial charge in [-0.15, -0.1) is 0 Å². The number of nitrogens with zero attached hydrogens (tertiary/aromatic N) is 1. The highest BCUT2D eigenvalue weighted by Gasteiger charge is 2.54. The second-order valence-corrected chi connectivity index (χ2v) is 6.78. The minimum atomic E-state index is -1.05. The van der Waals surface area contributed by atoms with Crippen molar-refractivity contribution < 1.29 is 20.1 Å². The van der Waals surface area contributed by atoms with Gasteiger partial charge in [-0.05, 0) is 26.8 Å². The molecule has 1 fully saturated rings. The molecule has 0 spiro atoms. The van der Waals surface area contributed by atoms with E-state index in [0.717, 1.165) is 25.7 Å². The Bertz CT molecular complexity index is 362. The Labute approximate surface area is 133 Å². The van der Waals surface area contributed by atoms with Gasteiger partial charge in [0.05, 0.1) is 36.3 Å². The standard InChI is InChI=1S/C16H32N2O4/c1-5-6-7-8-9-18-11(10-19)12(20)13(21)14(18)16(2,3)15(22)17-4/h11-14,19-21H,5-10H2,1-4H3,(H,17,22)/t11-,12-,13-,14+/m1/s1. The molecule has 1 saturated heterocycles. The van der Waals surface area contributed by atoms with E-state index in [4.69, 9.17) is 0 Å². The van der Waals surface area contributed by atoms with Crippen LogP contribution in [-0.4, -0.2) is 70.6 Å². The number of aliphatic hydroxyl groups is 3. The molecule has 0 aliphatic carbocycles. The first-order valence-electron chi connectivity index (χ1n) is 8.27. The molecule has 1 heterocycles. The van der Waals surface area contributed by atoms with Crippen molar-refractivity contribution in [3.63, 3.8) is 0 Å². The summed E-state index contributed by atoms with van der Waals surface area (Å²) in [5.74, 6) is -0.180. The summed E-state index contributed by atoms with van der Waals surface area (Å²) in [6.07, 6.45) is 2.16. The van der Waals surface area contributed by atoms with Crippen molar-refractivity contribution >= 4 is 5.91 Å². The van der Waals surface area contributed by atoms with Crippen LogP contribution >= 0.6 is 0 Å². The number of rotatable bonds is 8. The molecule has 0 aromatic heterocycles. The highest BCUT2D eigenvalue weighted by molar-refractivity contribution is 5.82. The predicted molar refractivity (Wildman–Crippen MR) is 85.4 cm³/mol. The van der Waals surface area contributed by atoms with Crippen LogP contribution in [-0.2, 0) is 4.79 Å². The first-order valence-corrected chi connectivity index (χ1v) is 8.27. The van der Waals surface area contributed by atoms with Gasteiger partial charge in [-0.3, -0.25) is 9.69 Å². The Morgan fingerprint density at radius 2 is 1.82 bits per heavy atom. The highest BCUT2D eigenvalue weighted by atomic mass is 16.3. The number of aliphatic hydroxyl groups excluding tert-OH is 3. The summed E-state index contributed by atoms with van der Waals surface area (Å²) in [5, 5.41) is 32.9. The van der Waals surface area contributed by atoms with Gasteiger partial charge < -0.3 is 20.6 Å². The van der Waals surface area contributed by atoms with Crippen LogP contribution in [0.1, 0.15) is 46.5 Å². The van der Waals surface area contributed by atoms with Crippen LogP contribution in [0, 0.1) is 5.41 Å². The first-order chi connectivity index (χ1) is 10.3. The maximum absolute atomic E-state index is 12.2. The van der Waals surface area contributed by atoms with E-state index in [-0.39, 0.29) is 12.5 Å². The zero-order valence-electron chi connectivity index (χ0n) is 14.2. The van der Waals surface area contributed by atoms with Gasteiger partial charge in [-0.25, -0.2) is 0 Å². The Hall–Kier alpha value is -0.690. The molecule has 0 aromatic carbocycles. The summed E-state index contributed by atoms with van der Waals surface area (Å²) in [4.78, 5) is 14.1. The topological polar surface area (TPSA) is 93.0 Å². The van der Waals surface area contributed by atoms with E-state index >= 15 is 0 Å². The van der Waals surface area contributed by atoms with Gasteiger partial charge in [0.25, 0.3) is 0 Å². The molecule has 0 unspecified atom stereocenters. The maximum atomic E-state index is 12.2. The Morgan fingerprint density at radius 3 is 2.32 bits per heavy atom. The van der Waals surface area contributed by atoms with E-state index in [1.165, 1.54) is 0 Å². The normalized spacial score (nSPS) is 29.8. The molecule has 4 N–H and O–H groups in total. The lowest BCUT2D eigenvalue weighted by molar-refractivity contribution is -0.134. The van der Waals surface area contributed by atoms with Crippen molar-refractivity contribution in [3.05, 3.63) is 0 Å². The molecule has 6 nitrogen and oxygen atoms in total. The van der Waals surface area contributed by atoms with Crippen LogP contribution < -0.4 is 5.32 Å². The maximum Gasteiger partial charge on any atom is 0.227 e. The van der Waals surface area contributed by atoms with Crippen molar-refractivity contribution in [1.82, 2.24) is 10.2 Å². The third kappa shape index (κ3) is 3.79. The Morgan fingerprint density at radius 1 is 1.18 bits per heavy atom. The molecule has 22 heavy (non-hydrogen) atoms. The van der Waals surface area contributed by atoms with E-state index in [9.17, 15) is 20.1 Å². The molecule has 1 rings (SSSR count). The molecule has 4 atom stereocenters. The van der Waals surface area contributed by atoms with Gasteiger partial charge in [0, 0.05) is 7.05 Å². The molecule has 130 valence electrons. The van der Waals surface area contributed by atoms with Gasteiger partial charge in [0.1, 0.15) is 0 Å². The Kier molecular flexibility index (Phi) is 7.25. The SMILES string of the molecule is CCCCCCN1[C@H](CO)[C@@H](O)[C@@H](O)[C@H]1C(C)(C)C(=O)NC. The molecule has 1 aliphatic heterocycles. The van der Waals surface area contributed by atoms with Crippen LogP contribution in [0.5, 0.6) is 0 Å². The van der Waals surface area contributed by atoms with E-state index < -0.39 is 29.7 Å². The zero-order chi connectivity index (χ0) is 16.9. The van der Waals surface area contributed by atoms with E-state index in [1.54, 1.807) is 20.9 Å². The summed E-state index contributed by atoms with van der Waals surface area (Å²) in [7, 11) is 1.57. The third-order valence-corrected chi connectivity index (χ3v) is 4.86. The molecule has 0 aromatic rings. The number of carbonyl (C=O) groups is 1. The lowest BCUT2D eigenvalue weighted by Crippen LogP contribution is -2.55. The van der Waals surface area contributed by atoms with Crippen molar-refractivity contribution in [2.75, 3.05) is 20.2 Å². The molecule has 1 amide bonds. The van der Waals surface area contributed by atoms with E-state index in [0.29, 0.717) is 6.54 Å². The van der Waals surface area contributed by atoms with Crippen molar-refractivity contribution in [3.8, 4) is 0 Å². The molecule has 6 heteroatoms. The van der Waals surface area contributed by atoms with Gasteiger partial charge in [0.2, 0.25) is 5.91 Å². The van der Waals surface area contributed by atoms with Gasteiger partial charge in [-0.2, -0.15) is 0 Å². The summed E-state index contributed by atoms with van der Waals surface area (Å²) < 4.78 is 0. The van der Waals surface area contributed by atoms with Crippen molar-refractivity contribution in [2.45, 2.75) is 70.7 Å². The smallest absolute Gasteiger partial charge is 0.227 e. The number of likely N-dealkylation sites (tertiary alicyclic amines) is 1. The lowest BCUT2D eigenvalue weighted by atomic mass is 9.80. The number of hydrogen-bond donors (Lipinski definition) is 4. The number of carbonyl (C=O) groups excluding carboxylic acids is 1. The fourth-order valence-corrected chi connectivity index (χ4v) is 3.55. The average Bonchev–Trinajstić information content (AvgIpc) is 2.74.